The maximum atomic E-state index is 13.7. The number of rotatable bonds is 22. The van der Waals surface area contributed by atoms with Crippen molar-refractivity contribution >= 4 is 93.0 Å². The SMILES string of the molecule is C=CCOC(=O)N1c2cc(C)c(OC)cc2C(=O)N2CC=C(c3ccc(OC)cc3)C[C@H]2C1O.C=CCOC(=O)N1c2cc(C)c(OC)cc2C(=O)N2CCC(c3ccc(OC)cc3)=C[C@H]2C1O.C=CCOC(=O)N1c2cc(O)c(OC)cc2C(=O)N2CC=C(c3ccc(OC)cc3)C[C@H]2C1OC.C=CCOC(=O)N1c2cc(O)c(OC)cc2C(=O)N2CCC(c3ccc(OC)cc3)=C[C@H]2C1OC. The number of phenols is 2. The largest absolute Gasteiger partial charge is 0.504 e. The lowest BCUT2D eigenvalue weighted by Gasteiger charge is -2.40. The molecule has 0 radical (unpaired) electrons. The van der Waals surface area contributed by atoms with Gasteiger partial charge in [-0.3, -0.25) is 19.2 Å². The van der Waals surface area contributed by atoms with Crippen LogP contribution in [0.25, 0.3) is 22.3 Å². The molecule has 8 heterocycles. The normalized spacial score (nSPS) is 19.3. The molecule has 0 saturated carbocycles. The molecule has 0 spiro atoms. The molecule has 724 valence electrons. The summed E-state index contributed by atoms with van der Waals surface area (Å²) in [6.07, 6.45) is 8.07. The summed E-state index contributed by atoms with van der Waals surface area (Å²) >= 11 is 0. The number of fused-ring (bicyclic) bond motifs is 8. The summed E-state index contributed by atoms with van der Waals surface area (Å²) in [5, 5.41) is 43.9. The van der Waals surface area contributed by atoms with Crippen LogP contribution >= 0.6 is 0 Å². The van der Waals surface area contributed by atoms with Gasteiger partial charge in [-0.1, -0.05) is 123 Å². The van der Waals surface area contributed by atoms with Crippen LogP contribution in [-0.2, 0) is 28.4 Å². The standard InChI is InChI=1S/2C26H28N2O7.2C26H28N2O6/c2*1-5-12-35-26(31)28-20-15-22(29)23(33-3)14-19(20)24(30)27-11-10-17(13-21(27)25(28)34-4)16-6-8-18(32-2)9-7-16;2*1-5-12-34-26(31)28-21-13-16(2)23(33-4)15-20(21)24(29)27-11-10-18(14-22(27)25(28)30)17-6-8-19(32-3)9-7-17/h5-9,13-15,21,25,29H,1,10-12H2,2-4H3;5-10,14-15,21,25,29H,1,11-13H2,2-4H3;5-9,13-15,22,25,30H,1,10-12H2,2-4H3;5-10,13,15,22,25,30H,1,11-12,14H2,2-4H3/t2*21-,25?;2*22-,25?/m0000/s1. The van der Waals surface area contributed by atoms with E-state index in [1.165, 1.54) is 101 Å². The average molecular weight is 1890 g/mol. The number of nitrogens with zero attached hydrogens (tertiary/aromatic N) is 8. The van der Waals surface area contributed by atoms with Gasteiger partial charge in [0.2, 0.25) is 0 Å². The van der Waals surface area contributed by atoms with Crippen LogP contribution in [0.3, 0.4) is 0 Å². The third-order valence-corrected chi connectivity index (χ3v) is 24.8. The van der Waals surface area contributed by atoms with E-state index >= 15 is 0 Å². The number of hydrogen-bond donors (Lipinski definition) is 4. The third-order valence-electron chi connectivity index (χ3n) is 24.8. The van der Waals surface area contributed by atoms with Crippen molar-refractivity contribution in [2.45, 2.75) is 88.6 Å². The van der Waals surface area contributed by atoms with Crippen LogP contribution in [0, 0.1) is 13.8 Å². The number of methoxy groups -OCH3 is 10. The molecule has 0 aliphatic carbocycles. The average Bonchev–Trinajstić information content (AvgIpc) is 1.60. The molecule has 0 aromatic heterocycles. The van der Waals surface area contributed by atoms with Crippen molar-refractivity contribution in [2.24, 2.45) is 0 Å². The van der Waals surface area contributed by atoms with Gasteiger partial charge >= 0.3 is 24.4 Å². The fraction of sp³-hybridized carbons (Fsp3) is 0.308. The van der Waals surface area contributed by atoms with Crippen molar-refractivity contribution in [2.75, 3.05) is 143 Å². The van der Waals surface area contributed by atoms with Gasteiger partial charge in [0.1, 0.15) is 60.9 Å². The lowest BCUT2D eigenvalue weighted by Crippen LogP contribution is -2.55. The Morgan fingerprint density at radius 3 is 1.00 bits per heavy atom. The van der Waals surface area contributed by atoms with E-state index in [2.05, 4.69) is 26.3 Å². The van der Waals surface area contributed by atoms with E-state index in [9.17, 15) is 58.8 Å². The lowest BCUT2D eigenvalue weighted by atomic mass is 9.92. The van der Waals surface area contributed by atoms with Crippen molar-refractivity contribution < 1.29 is 125 Å². The quantitative estimate of drug-likeness (QED) is 0.0362. The number of aliphatic hydroxyl groups excluding tert-OH is 2. The van der Waals surface area contributed by atoms with E-state index in [1.54, 1.807) is 72.3 Å². The van der Waals surface area contributed by atoms with Gasteiger partial charge in [-0.2, -0.15) is 0 Å². The Balaban J connectivity index is 0.000000155. The van der Waals surface area contributed by atoms with Gasteiger partial charge in [-0.15, -0.1) is 0 Å². The Kier molecular flexibility index (Phi) is 32.4. The van der Waals surface area contributed by atoms with Gasteiger partial charge in [-0.25, -0.2) is 38.8 Å². The fourth-order valence-corrected chi connectivity index (χ4v) is 17.8. The number of hydrogen-bond acceptors (Lipinski definition) is 26. The van der Waals surface area contributed by atoms with E-state index < -0.39 is 73.5 Å². The first-order valence-corrected chi connectivity index (χ1v) is 44.1. The molecule has 8 aromatic rings. The van der Waals surface area contributed by atoms with Crippen molar-refractivity contribution in [3.63, 3.8) is 0 Å². The van der Waals surface area contributed by atoms with Crippen LogP contribution in [-0.4, -0.2) is 261 Å². The molecular weight excluding hydrogens is 1780 g/mol. The number of carbonyl (C=O) groups is 8. The highest BCUT2D eigenvalue weighted by Gasteiger charge is 2.51. The first-order chi connectivity index (χ1) is 66.6. The molecule has 138 heavy (non-hydrogen) atoms. The monoisotopic (exact) mass is 1890 g/mol. The van der Waals surface area contributed by atoms with E-state index in [-0.39, 0.29) is 125 Å². The molecule has 34 heteroatoms. The summed E-state index contributed by atoms with van der Waals surface area (Å²) in [5.41, 5.74) is 11.1. The van der Waals surface area contributed by atoms with E-state index in [1.807, 2.05) is 135 Å². The molecule has 8 aromatic carbocycles. The number of phenolic OH excluding ortho intramolecular Hbond substituents is 2. The van der Waals surface area contributed by atoms with Crippen LogP contribution in [0.5, 0.6) is 57.5 Å². The molecule has 8 aliphatic rings. The maximum absolute atomic E-state index is 13.7. The van der Waals surface area contributed by atoms with Crippen LogP contribution in [0.2, 0.25) is 0 Å². The molecular formula is C104H112N8O26. The predicted molar refractivity (Wildman–Crippen MR) is 516 cm³/mol. The number of anilines is 4. The zero-order valence-electron chi connectivity index (χ0n) is 78.8. The van der Waals surface area contributed by atoms with Gasteiger partial charge in [-0.05, 0) is 180 Å². The van der Waals surface area contributed by atoms with Crippen LogP contribution in [0.4, 0.5) is 41.9 Å². The Labute approximate surface area is 799 Å². The van der Waals surface area contributed by atoms with Crippen molar-refractivity contribution in [3.05, 3.63) is 276 Å². The molecule has 0 saturated heterocycles. The Morgan fingerprint density at radius 2 is 0.652 bits per heavy atom. The van der Waals surface area contributed by atoms with Gasteiger partial charge < -0.3 is 106 Å². The van der Waals surface area contributed by atoms with Crippen LogP contribution < -0.4 is 57.5 Å². The molecule has 0 fully saturated rings. The van der Waals surface area contributed by atoms with Gasteiger partial charge in [0.25, 0.3) is 23.6 Å². The zero-order valence-corrected chi connectivity index (χ0v) is 78.8. The number of carbonyl (C=O) groups excluding carboxylic acids is 8. The van der Waals surface area contributed by atoms with Crippen LogP contribution in [0.15, 0.2) is 221 Å². The van der Waals surface area contributed by atoms with E-state index in [0.29, 0.717) is 56.8 Å². The highest BCUT2D eigenvalue weighted by atomic mass is 16.6. The van der Waals surface area contributed by atoms with Crippen molar-refractivity contribution in [3.8, 4) is 57.5 Å². The van der Waals surface area contributed by atoms with E-state index in [0.717, 1.165) is 88.5 Å². The van der Waals surface area contributed by atoms with Gasteiger partial charge in [0.05, 0.1) is 126 Å². The molecule has 0 bridgehead atoms. The minimum atomic E-state index is -1.36. The Bertz CT molecular complexity index is 6000. The Hall–Kier alpha value is -15.5. The molecule has 8 amide bonds. The summed E-state index contributed by atoms with van der Waals surface area (Å²) in [7, 11) is 15.2. The fourth-order valence-electron chi connectivity index (χ4n) is 17.8. The zero-order chi connectivity index (χ0) is 99.0. The summed E-state index contributed by atoms with van der Waals surface area (Å²) in [5.74, 6) is 2.61. The minimum absolute atomic E-state index is 0.0220. The first kappa shape index (κ1) is 99.9. The second-order valence-electron chi connectivity index (χ2n) is 32.5. The summed E-state index contributed by atoms with van der Waals surface area (Å²) in [6.45, 7) is 19.2. The minimum Gasteiger partial charge on any atom is -0.504 e. The second-order valence-corrected chi connectivity index (χ2v) is 32.5. The summed E-state index contributed by atoms with van der Waals surface area (Å²) in [4.78, 5) is 119. The number of aromatic hydroxyl groups is 2. The first-order valence-electron chi connectivity index (χ1n) is 44.1. The number of aryl methyl sites for hydroxylation is 2. The molecule has 34 nitrogen and oxygen atoms in total. The number of amides is 8. The summed E-state index contributed by atoms with van der Waals surface area (Å²) < 4.78 is 75.1. The second kappa shape index (κ2) is 44.8. The molecule has 8 atom stereocenters. The summed E-state index contributed by atoms with van der Waals surface area (Å²) in [6, 6.07) is 40.0. The molecule has 8 aliphatic heterocycles. The van der Waals surface area contributed by atoms with Crippen molar-refractivity contribution in [1.29, 1.82) is 0 Å². The molecule has 4 N–H and O–H groups in total. The van der Waals surface area contributed by atoms with Crippen molar-refractivity contribution in [1.82, 2.24) is 19.6 Å². The number of benzene rings is 8. The van der Waals surface area contributed by atoms with E-state index in [4.69, 9.17) is 66.3 Å². The maximum Gasteiger partial charge on any atom is 0.416 e. The highest BCUT2D eigenvalue weighted by Crippen LogP contribution is 2.48. The van der Waals surface area contributed by atoms with Crippen LogP contribution in [0.1, 0.15) is 100 Å². The third kappa shape index (κ3) is 20.7. The predicted octanol–water partition coefficient (Wildman–Crippen LogP) is 15.2. The van der Waals surface area contributed by atoms with Gasteiger partial charge in [0.15, 0.2) is 47.9 Å². The molecule has 4 unspecified atom stereocenters. The smallest absolute Gasteiger partial charge is 0.416 e. The Morgan fingerprint density at radius 1 is 0.355 bits per heavy atom. The lowest BCUT2D eigenvalue weighted by molar-refractivity contribution is 0.0175. The number of aliphatic hydroxyl groups is 2. The highest BCUT2D eigenvalue weighted by molar-refractivity contribution is 6.10. The van der Waals surface area contributed by atoms with Gasteiger partial charge in [0, 0.05) is 52.5 Å². The molecule has 16 rings (SSSR count). The topological polar surface area (TPSA) is 373 Å². The number of ether oxygens (including phenoxy) is 14.